The van der Waals surface area contributed by atoms with Gasteiger partial charge >= 0.3 is 0 Å². The second-order valence-corrected chi connectivity index (χ2v) is 3.87. The molecule has 1 N–H and O–H groups in total. The molecular formula is C14H13FN2O. The minimum atomic E-state index is -0.663. The van der Waals surface area contributed by atoms with Gasteiger partial charge in [0, 0.05) is 23.5 Å². The van der Waals surface area contributed by atoms with E-state index in [1.54, 1.807) is 0 Å². The second kappa shape index (κ2) is 5.40. The molecular weight excluding hydrogens is 231 g/mol. The summed E-state index contributed by atoms with van der Waals surface area (Å²) in [7, 11) is 0. The summed E-state index contributed by atoms with van der Waals surface area (Å²) < 4.78 is 12.9. The highest BCUT2D eigenvalue weighted by Crippen LogP contribution is 2.11. The lowest BCUT2D eigenvalue weighted by molar-refractivity contribution is 0.102. The Bertz CT molecular complexity index is 552. The SMILES string of the molecule is CCc1ccc(NC(=O)c2ccnc(F)c2)cc1. The quantitative estimate of drug-likeness (QED) is 0.843. The molecule has 4 heteroatoms. The Hall–Kier alpha value is -2.23. The number of hydrogen-bond donors (Lipinski definition) is 1. The van der Waals surface area contributed by atoms with E-state index in [1.165, 1.54) is 17.8 Å². The largest absolute Gasteiger partial charge is 0.322 e. The first kappa shape index (κ1) is 12.2. The summed E-state index contributed by atoms with van der Waals surface area (Å²) >= 11 is 0. The zero-order valence-corrected chi connectivity index (χ0v) is 9.98. The smallest absolute Gasteiger partial charge is 0.255 e. The average molecular weight is 244 g/mol. The Kier molecular flexibility index (Phi) is 3.67. The minimum absolute atomic E-state index is 0.252. The molecule has 1 heterocycles. The molecule has 3 nitrogen and oxygen atoms in total. The van der Waals surface area contributed by atoms with Crippen LogP contribution < -0.4 is 5.32 Å². The number of rotatable bonds is 3. The van der Waals surface area contributed by atoms with Gasteiger partial charge in [0.2, 0.25) is 5.95 Å². The molecule has 0 radical (unpaired) electrons. The topological polar surface area (TPSA) is 42.0 Å². The van der Waals surface area contributed by atoms with Crippen LogP contribution in [0.5, 0.6) is 0 Å². The van der Waals surface area contributed by atoms with E-state index < -0.39 is 5.95 Å². The number of carbonyl (C=O) groups excluding carboxylic acids is 1. The number of amides is 1. The lowest BCUT2D eigenvalue weighted by Gasteiger charge is -2.05. The van der Waals surface area contributed by atoms with Crippen LogP contribution in [0.15, 0.2) is 42.6 Å². The van der Waals surface area contributed by atoms with Crippen LogP contribution in [0, 0.1) is 5.95 Å². The summed E-state index contributed by atoms with van der Waals surface area (Å²) in [6.45, 7) is 2.06. The predicted octanol–water partition coefficient (Wildman–Crippen LogP) is 3.04. The van der Waals surface area contributed by atoms with Gasteiger partial charge in [-0.2, -0.15) is 4.39 Å². The number of benzene rings is 1. The van der Waals surface area contributed by atoms with Gasteiger partial charge in [-0.15, -0.1) is 0 Å². The van der Waals surface area contributed by atoms with E-state index in [-0.39, 0.29) is 11.5 Å². The van der Waals surface area contributed by atoms with Crippen LogP contribution in [-0.2, 0) is 6.42 Å². The van der Waals surface area contributed by atoms with Crippen molar-refractivity contribution in [3.63, 3.8) is 0 Å². The molecule has 0 atom stereocenters. The molecule has 2 rings (SSSR count). The van der Waals surface area contributed by atoms with Gasteiger partial charge in [-0.05, 0) is 30.2 Å². The maximum Gasteiger partial charge on any atom is 0.255 e. The van der Waals surface area contributed by atoms with E-state index in [2.05, 4.69) is 17.2 Å². The van der Waals surface area contributed by atoms with Crippen molar-refractivity contribution in [2.45, 2.75) is 13.3 Å². The van der Waals surface area contributed by atoms with Crippen molar-refractivity contribution in [2.75, 3.05) is 5.32 Å². The average Bonchev–Trinajstić information content (AvgIpc) is 2.39. The zero-order valence-electron chi connectivity index (χ0n) is 9.98. The van der Waals surface area contributed by atoms with Gasteiger partial charge < -0.3 is 5.32 Å². The molecule has 1 aromatic carbocycles. The number of halogens is 1. The van der Waals surface area contributed by atoms with Crippen LogP contribution in [0.25, 0.3) is 0 Å². The highest BCUT2D eigenvalue weighted by Gasteiger charge is 2.07. The fourth-order valence-electron chi connectivity index (χ4n) is 1.57. The van der Waals surface area contributed by atoms with Gasteiger partial charge in [0.05, 0.1) is 0 Å². The first-order valence-corrected chi connectivity index (χ1v) is 5.71. The van der Waals surface area contributed by atoms with E-state index in [0.29, 0.717) is 5.69 Å². The van der Waals surface area contributed by atoms with Crippen LogP contribution in [0.3, 0.4) is 0 Å². The molecule has 2 aromatic rings. The molecule has 0 unspecified atom stereocenters. The Morgan fingerprint density at radius 3 is 2.61 bits per heavy atom. The van der Waals surface area contributed by atoms with Crippen molar-refractivity contribution < 1.29 is 9.18 Å². The summed E-state index contributed by atoms with van der Waals surface area (Å²) in [5, 5.41) is 2.70. The highest BCUT2D eigenvalue weighted by molar-refractivity contribution is 6.04. The van der Waals surface area contributed by atoms with Crippen molar-refractivity contribution in [2.24, 2.45) is 0 Å². The number of aryl methyl sites for hydroxylation is 1. The lowest BCUT2D eigenvalue weighted by atomic mass is 10.1. The Labute approximate surface area is 105 Å². The van der Waals surface area contributed by atoms with Crippen LogP contribution in [0.4, 0.5) is 10.1 Å². The molecule has 0 saturated carbocycles. The van der Waals surface area contributed by atoms with Crippen LogP contribution in [0.2, 0.25) is 0 Å². The van der Waals surface area contributed by atoms with Gasteiger partial charge in [-0.1, -0.05) is 19.1 Å². The minimum Gasteiger partial charge on any atom is -0.322 e. The highest BCUT2D eigenvalue weighted by atomic mass is 19.1. The van der Waals surface area contributed by atoms with E-state index >= 15 is 0 Å². The zero-order chi connectivity index (χ0) is 13.0. The number of carbonyl (C=O) groups is 1. The number of anilines is 1. The predicted molar refractivity (Wildman–Crippen MR) is 68.0 cm³/mol. The molecule has 0 saturated heterocycles. The Morgan fingerprint density at radius 2 is 2.00 bits per heavy atom. The molecule has 0 spiro atoms. The fraction of sp³-hybridized carbons (Fsp3) is 0.143. The molecule has 0 aliphatic rings. The van der Waals surface area contributed by atoms with E-state index in [9.17, 15) is 9.18 Å². The summed E-state index contributed by atoms with van der Waals surface area (Å²) in [5.41, 5.74) is 2.14. The van der Waals surface area contributed by atoms with Gasteiger partial charge in [-0.3, -0.25) is 4.79 Å². The van der Waals surface area contributed by atoms with Crippen LogP contribution >= 0.6 is 0 Å². The maximum absolute atomic E-state index is 12.9. The molecule has 92 valence electrons. The van der Waals surface area contributed by atoms with Gasteiger partial charge in [-0.25, -0.2) is 4.98 Å². The number of nitrogens with zero attached hydrogens (tertiary/aromatic N) is 1. The third-order valence-electron chi connectivity index (χ3n) is 2.61. The number of pyridine rings is 1. The van der Waals surface area contributed by atoms with Crippen LogP contribution in [0.1, 0.15) is 22.8 Å². The van der Waals surface area contributed by atoms with Crippen molar-refractivity contribution in [3.8, 4) is 0 Å². The first-order chi connectivity index (χ1) is 8.69. The Morgan fingerprint density at radius 1 is 1.28 bits per heavy atom. The van der Waals surface area contributed by atoms with Gasteiger partial charge in [0.25, 0.3) is 5.91 Å². The standard InChI is InChI=1S/C14H13FN2O/c1-2-10-3-5-12(6-4-10)17-14(18)11-7-8-16-13(15)9-11/h3-9H,2H2,1H3,(H,17,18). The summed E-state index contributed by atoms with van der Waals surface area (Å²) in [6.07, 6.45) is 2.22. The van der Waals surface area contributed by atoms with Crippen molar-refractivity contribution in [1.82, 2.24) is 4.98 Å². The number of hydrogen-bond acceptors (Lipinski definition) is 2. The number of aromatic nitrogens is 1. The first-order valence-electron chi connectivity index (χ1n) is 5.71. The summed E-state index contributed by atoms with van der Waals surface area (Å²) in [6, 6.07) is 10.1. The Balaban J connectivity index is 2.11. The normalized spacial score (nSPS) is 10.1. The van der Waals surface area contributed by atoms with E-state index in [4.69, 9.17) is 0 Å². The van der Waals surface area contributed by atoms with E-state index in [0.717, 1.165) is 12.5 Å². The second-order valence-electron chi connectivity index (χ2n) is 3.87. The number of nitrogens with one attached hydrogen (secondary N) is 1. The molecule has 1 amide bonds. The summed E-state index contributed by atoms with van der Waals surface area (Å²) in [5.74, 6) is -1.01. The molecule has 0 fully saturated rings. The van der Waals surface area contributed by atoms with Gasteiger partial charge in [0.1, 0.15) is 0 Å². The van der Waals surface area contributed by atoms with Gasteiger partial charge in [0.15, 0.2) is 0 Å². The molecule has 0 aliphatic heterocycles. The third kappa shape index (κ3) is 2.91. The van der Waals surface area contributed by atoms with E-state index in [1.807, 2.05) is 24.3 Å². The lowest BCUT2D eigenvalue weighted by Crippen LogP contribution is -2.12. The molecule has 18 heavy (non-hydrogen) atoms. The molecule has 0 aliphatic carbocycles. The fourth-order valence-corrected chi connectivity index (χ4v) is 1.57. The van der Waals surface area contributed by atoms with Crippen LogP contribution in [-0.4, -0.2) is 10.9 Å². The molecule has 0 bridgehead atoms. The monoisotopic (exact) mass is 244 g/mol. The molecule has 1 aromatic heterocycles. The van der Waals surface area contributed by atoms with Crippen molar-refractivity contribution in [1.29, 1.82) is 0 Å². The third-order valence-corrected chi connectivity index (χ3v) is 2.61. The van der Waals surface area contributed by atoms with Crippen molar-refractivity contribution in [3.05, 3.63) is 59.7 Å². The van der Waals surface area contributed by atoms with Crippen molar-refractivity contribution >= 4 is 11.6 Å². The summed E-state index contributed by atoms with van der Waals surface area (Å²) in [4.78, 5) is 15.2. The maximum atomic E-state index is 12.9.